The first-order chi connectivity index (χ1) is 37.0. The van der Waals surface area contributed by atoms with Crippen LogP contribution in [-0.2, 0) is 58.4 Å². The minimum atomic E-state index is -4.89. The Hall–Kier alpha value is -6.18. The van der Waals surface area contributed by atoms with Crippen molar-refractivity contribution in [2.75, 3.05) is 0 Å². The summed E-state index contributed by atoms with van der Waals surface area (Å²) in [5, 5.41) is 5.61. The van der Waals surface area contributed by atoms with Crippen molar-refractivity contribution in [3.8, 4) is 55.6 Å². The van der Waals surface area contributed by atoms with Gasteiger partial charge in [0, 0.05) is 0 Å². The van der Waals surface area contributed by atoms with Crippen LogP contribution >= 0.6 is 17.0 Å². The Labute approximate surface area is 463 Å². The van der Waals surface area contributed by atoms with Gasteiger partial charge in [-0.3, -0.25) is 0 Å². The van der Waals surface area contributed by atoms with Crippen molar-refractivity contribution < 1.29 is 73.5 Å². The fourth-order valence-electron chi connectivity index (χ4n) is 9.44. The standard InChI is InChI=1S/2C25H17F6.C12H7Si.2ClH.Zr/c2*1-2-15-8-9-17-10-18(16-6-4-3-5-7-16)13-22(17)23(15)19-11-20(24(26,27)28)14-21(12-19)25(29,30)31;1-3-7-11-9(5-1)10-6-2-4-8-12(10)13-11;;;/h2*3-14H,2H2,1H3;1-7H;2*1H;/q3*-1;;;+2/p-2. The van der Waals surface area contributed by atoms with E-state index in [4.69, 9.17) is 17.0 Å². The van der Waals surface area contributed by atoms with Gasteiger partial charge in [0.15, 0.2) is 0 Å². The molecule has 1 aliphatic rings. The molecule has 11 rings (SSSR count). The third-order valence-electron chi connectivity index (χ3n) is 13.0. The van der Waals surface area contributed by atoms with Crippen molar-refractivity contribution in [2.45, 2.75) is 51.4 Å². The smallest absolute Gasteiger partial charge is 0.0920 e. The summed E-state index contributed by atoms with van der Waals surface area (Å²) < 4.78 is 161. The maximum Gasteiger partial charge on any atom is 0.0920 e. The van der Waals surface area contributed by atoms with E-state index in [9.17, 15) is 52.7 Å². The average Bonchev–Trinajstić information content (AvgIpc) is 4.22. The van der Waals surface area contributed by atoms with Crippen molar-refractivity contribution in [3.05, 3.63) is 228 Å². The third-order valence-corrected chi connectivity index (χ3v) is 14.4. The van der Waals surface area contributed by atoms with E-state index in [0.717, 1.165) is 66.8 Å². The van der Waals surface area contributed by atoms with Crippen molar-refractivity contribution in [3.63, 3.8) is 0 Å². The predicted molar refractivity (Wildman–Crippen MR) is 287 cm³/mol. The zero-order valence-electron chi connectivity index (χ0n) is 41.1. The van der Waals surface area contributed by atoms with Crippen molar-refractivity contribution in [2.24, 2.45) is 0 Å². The van der Waals surface area contributed by atoms with Crippen LogP contribution < -0.4 is 10.4 Å². The van der Waals surface area contributed by atoms with Gasteiger partial charge < -0.3 is 0 Å². The molecule has 398 valence electrons. The molecular formula is C62H41Cl2F12SiZr-3. The van der Waals surface area contributed by atoms with Crippen LogP contribution in [0.1, 0.15) is 47.2 Å². The first-order valence-corrected chi connectivity index (χ1v) is 31.3. The Morgan fingerprint density at radius 2 is 0.808 bits per heavy atom. The zero-order valence-corrected chi connectivity index (χ0v) is 46.1. The molecule has 0 saturated heterocycles. The van der Waals surface area contributed by atoms with Gasteiger partial charge in [-0.1, -0.05) is 144 Å². The second-order valence-corrected chi connectivity index (χ2v) is 22.9. The van der Waals surface area contributed by atoms with Gasteiger partial charge in [-0.05, 0) is 71.5 Å². The minimum absolute atomic E-state index is 0.0881. The van der Waals surface area contributed by atoms with E-state index < -0.39 is 67.8 Å². The summed E-state index contributed by atoms with van der Waals surface area (Å²) in [7, 11) is 10.7. The molecule has 0 N–H and O–H groups in total. The summed E-state index contributed by atoms with van der Waals surface area (Å²) >= 11 is -0.826. The Morgan fingerprint density at radius 3 is 1.19 bits per heavy atom. The number of benzene rings is 8. The van der Waals surface area contributed by atoms with E-state index in [-0.39, 0.29) is 23.3 Å². The SMILES string of the molecule is CCc1ccc2[cH-]c(-c3ccccc3)cc2c1-c1cc(C(F)(F)F)cc(C(F)(F)F)c1.CCc1ccc2[cH-]c(-c3ccccc3)cc2c1-c1cc(C(F)(F)F)cc(C(F)(F)F)c1.[Cl][Zr][Cl].[c-]1cccc2c1[Si]c1ccccc1-2. The van der Waals surface area contributed by atoms with Crippen molar-refractivity contribution in [1.82, 2.24) is 0 Å². The molecule has 0 amide bonds. The molecule has 16 heteroatoms. The van der Waals surface area contributed by atoms with Crippen LogP contribution in [0.2, 0.25) is 0 Å². The molecule has 0 atom stereocenters. The molecule has 1 heterocycles. The number of aryl methyl sites for hydroxylation is 2. The van der Waals surface area contributed by atoms with Gasteiger partial charge in [0.05, 0.1) is 31.8 Å². The number of hydrogen-bond donors (Lipinski definition) is 0. The summed E-state index contributed by atoms with van der Waals surface area (Å²) in [6.07, 6.45) is -18.6. The number of rotatable bonds is 6. The largest absolute Gasteiger partial charge is 0.184 e. The summed E-state index contributed by atoms with van der Waals surface area (Å²) in [5.74, 6) is 0. The molecule has 0 saturated carbocycles. The van der Waals surface area contributed by atoms with Gasteiger partial charge in [0.2, 0.25) is 0 Å². The van der Waals surface area contributed by atoms with Crippen LogP contribution in [0.3, 0.4) is 0 Å². The van der Waals surface area contributed by atoms with Gasteiger partial charge in [-0.2, -0.15) is 82.1 Å². The summed E-state index contributed by atoms with van der Waals surface area (Å²) in [6.45, 7) is 3.65. The van der Waals surface area contributed by atoms with Gasteiger partial charge >= 0.3 is 62.6 Å². The first-order valence-electron chi connectivity index (χ1n) is 24.0. The molecular weight excluding hydrogens is 1160 g/mol. The van der Waals surface area contributed by atoms with Crippen LogP contribution in [0.4, 0.5) is 52.7 Å². The molecule has 0 fully saturated rings. The van der Waals surface area contributed by atoms with Crippen molar-refractivity contribution >= 4 is 58.5 Å². The van der Waals surface area contributed by atoms with Crippen LogP contribution in [0.5, 0.6) is 0 Å². The average molecular weight is 1200 g/mol. The monoisotopic (exact) mass is 1200 g/mol. The zero-order chi connectivity index (χ0) is 56.2. The topological polar surface area (TPSA) is 0 Å². The van der Waals surface area contributed by atoms with E-state index >= 15 is 0 Å². The fraction of sp³-hybridized carbons (Fsp3) is 0.129. The quantitative estimate of drug-likeness (QED) is 0.0884. The molecule has 0 aliphatic carbocycles. The van der Waals surface area contributed by atoms with E-state index in [1.54, 1.807) is 12.1 Å². The molecule has 10 aromatic carbocycles. The number of fused-ring (bicyclic) bond motifs is 5. The number of halogens is 14. The molecule has 78 heavy (non-hydrogen) atoms. The van der Waals surface area contributed by atoms with E-state index in [0.29, 0.717) is 45.9 Å². The molecule has 0 spiro atoms. The first kappa shape index (κ1) is 58.0. The Bertz CT molecular complexity index is 3380. The van der Waals surface area contributed by atoms with Crippen LogP contribution in [-0.4, -0.2) is 9.52 Å². The molecule has 1 aliphatic heterocycles. The minimum Gasteiger partial charge on any atom is -0.184 e. The Morgan fingerprint density at radius 1 is 0.436 bits per heavy atom. The number of alkyl halides is 12. The third kappa shape index (κ3) is 13.3. The van der Waals surface area contributed by atoms with Gasteiger partial charge in [-0.15, -0.1) is 74.6 Å². The maximum absolute atomic E-state index is 13.4. The van der Waals surface area contributed by atoms with Gasteiger partial charge in [-0.25, -0.2) is 0 Å². The summed E-state index contributed by atoms with van der Waals surface area (Å²) in [4.78, 5) is 0. The molecule has 0 aromatic heterocycles. The second kappa shape index (κ2) is 24.0. The maximum atomic E-state index is 13.4. The van der Waals surface area contributed by atoms with E-state index in [1.165, 1.54) is 21.5 Å². The molecule has 0 bridgehead atoms. The molecule has 10 aromatic rings. The molecule has 2 radical (unpaired) electrons. The summed E-state index contributed by atoms with van der Waals surface area (Å²) in [5.41, 5.74) is 3.06. The van der Waals surface area contributed by atoms with E-state index in [1.807, 2.05) is 117 Å². The van der Waals surface area contributed by atoms with Gasteiger partial charge in [0.25, 0.3) is 0 Å². The predicted octanol–water partition coefficient (Wildman–Crippen LogP) is 19.5. The fourth-order valence-corrected chi connectivity index (χ4v) is 10.8. The normalized spacial score (nSPS) is 12.2. The Kier molecular flexibility index (Phi) is 17.9. The molecule has 0 nitrogen and oxygen atoms in total. The summed E-state index contributed by atoms with van der Waals surface area (Å²) in [6, 6.07) is 55.2. The molecule has 0 unspecified atom stereocenters. The van der Waals surface area contributed by atoms with E-state index in [2.05, 4.69) is 42.5 Å². The Balaban J connectivity index is 0.000000161. The second-order valence-electron chi connectivity index (χ2n) is 17.9. The van der Waals surface area contributed by atoms with Crippen LogP contribution in [0.15, 0.2) is 188 Å². The van der Waals surface area contributed by atoms with Crippen LogP contribution in [0.25, 0.3) is 77.2 Å². The van der Waals surface area contributed by atoms with Crippen LogP contribution in [0, 0.1) is 6.07 Å². The van der Waals surface area contributed by atoms with Crippen molar-refractivity contribution in [1.29, 1.82) is 0 Å². The number of hydrogen-bond acceptors (Lipinski definition) is 0. The van der Waals surface area contributed by atoms with Gasteiger partial charge in [0.1, 0.15) is 0 Å².